The minimum atomic E-state index is 0.649. The van der Waals surface area contributed by atoms with E-state index in [4.69, 9.17) is 20.8 Å². The molecule has 1 aromatic heterocycles. The number of hydrogen-bond donors (Lipinski definition) is 0. The number of hydrogen-bond acceptors (Lipinski definition) is 2. The molecule has 0 unspecified atom stereocenters. The van der Waals surface area contributed by atoms with Crippen LogP contribution in [0.3, 0.4) is 0 Å². The Morgan fingerprint density at radius 2 is 1.61 bits per heavy atom. The van der Waals surface area contributed by atoms with Crippen molar-refractivity contribution >= 4 is 50.4 Å². The van der Waals surface area contributed by atoms with Crippen LogP contribution in [0.15, 0.2) is 83.5 Å². The zero-order valence-corrected chi connectivity index (χ0v) is 16.0. The van der Waals surface area contributed by atoms with Gasteiger partial charge in [-0.2, -0.15) is 0 Å². The van der Waals surface area contributed by atoms with Gasteiger partial charge in [0.15, 0.2) is 0 Å². The summed E-state index contributed by atoms with van der Waals surface area (Å²) in [5.74, 6) is 0. The van der Waals surface area contributed by atoms with Crippen molar-refractivity contribution in [2.75, 3.05) is 7.11 Å². The van der Waals surface area contributed by atoms with Gasteiger partial charge in [0.1, 0.15) is 11.2 Å². The van der Waals surface area contributed by atoms with Crippen molar-refractivity contribution < 1.29 is 9.15 Å². The first kappa shape index (κ1) is 16.9. The Bertz CT molecular complexity index is 1360. The van der Waals surface area contributed by atoms with Crippen molar-refractivity contribution in [2.24, 2.45) is 0 Å². The lowest BCUT2D eigenvalue weighted by Gasteiger charge is -2.12. The van der Waals surface area contributed by atoms with Crippen LogP contribution in [0.25, 0.3) is 49.9 Å². The maximum Gasteiger partial charge on any atom is 0.137 e. The van der Waals surface area contributed by atoms with E-state index < -0.39 is 0 Å². The van der Waals surface area contributed by atoms with Gasteiger partial charge in [-0.15, -0.1) is 0 Å². The van der Waals surface area contributed by atoms with Crippen LogP contribution in [0.5, 0.6) is 0 Å². The van der Waals surface area contributed by atoms with Crippen LogP contribution < -0.4 is 0 Å². The number of rotatable bonds is 3. The number of benzene rings is 4. The van der Waals surface area contributed by atoms with Crippen LogP contribution >= 0.6 is 11.6 Å². The summed E-state index contributed by atoms with van der Waals surface area (Å²) >= 11 is 6.47. The molecule has 1 heterocycles. The SMILES string of the molecule is CO/C=C/c1c(-c2cc(Cl)cc3oc4ccccc4c23)ccc2ccccc12. The van der Waals surface area contributed by atoms with Gasteiger partial charge in [0, 0.05) is 21.9 Å². The lowest BCUT2D eigenvalue weighted by Crippen LogP contribution is -1.88. The molecule has 0 N–H and O–H groups in total. The van der Waals surface area contributed by atoms with Crippen molar-refractivity contribution in [3.8, 4) is 11.1 Å². The quantitative estimate of drug-likeness (QED) is 0.297. The van der Waals surface area contributed by atoms with Gasteiger partial charge < -0.3 is 9.15 Å². The summed E-state index contributed by atoms with van der Waals surface area (Å²) in [4.78, 5) is 0. The standard InChI is InChI=1S/C25H17ClO2/c1-27-13-12-20-18-7-3-2-6-16(18)10-11-19(20)22-14-17(26)15-24-25(22)21-8-4-5-9-23(21)28-24/h2-15H,1H3/b13-12+. The Morgan fingerprint density at radius 1 is 0.821 bits per heavy atom. The molecule has 0 saturated heterocycles. The van der Waals surface area contributed by atoms with Gasteiger partial charge in [0.25, 0.3) is 0 Å². The predicted molar refractivity (Wildman–Crippen MR) is 118 cm³/mol. The summed E-state index contributed by atoms with van der Waals surface area (Å²) in [6.45, 7) is 0. The number of halogens is 1. The molecule has 0 aliphatic rings. The fraction of sp³-hybridized carbons (Fsp3) is 0.0400. The van der Waals surface area contributed by atoms with Gasteiger partial charge in [-0.05, 0) is 45.7 Å². The van der Waals surface area contributed by atoms with Crippen LogP contribution in [0.4, 0.5) is 0 Å². The summed E-state index contributed by atoms with van der Waals surface area (Å²) in [6, 6.07) is 24.6. The highest BCUT2D eigenvalue weighted by Gasteiger charge is 2.16. The van der Waals surface area contributed by atoms with Gasteiger partial charge >= 0.3 is 0 Å². The zero-order valence-electron chi connectivity index (χ0n) is 15.3. The third kappa shape index (κ3) is 2.65. The molecule has 0 aliphatic carbocycles. The molecule has 0 amide bonds. The van der Waals surface area contributed by atoms with E-state index in [2.05, 4.69) is 36.4 Å². The van der Waals surface area contributed by atoms with Gasteiger partial charge in [-0.1, -0.05) is 66.2 Å². The third-order valence-corrected chi connectivity index (χ3v) is 5.29. The second-order valence-electron chi connectivity index (χ2n) is 6.71. The van der Waals surface area contributed by atoms with E-state index in [1.807, 2.05) is 42.5 Å². The molecule has 4 aromatic carbocycles. The molecule has 136 valence electrons. The Balaban J connectivity index is 1.93. The van der Waals surface area contributed by atoms with Crippen molar-refractivity contribution in [3.63, 3.8) is 0 Å². The van der Waals surface area contributed by atoms with Crippen LogP contribution in [-0.4, -0.2) is 7.11 Å². The molecular formula is C25H17ClO2. The highest BCUT2D eigenvalue weighted by molar-refractivity contribution is 6.32. The van der Waals surface area contributed by atoms with Crippen molar-refractivity contribution in [2.45, 2.75) is 0 Å². The molecule has 28 heavy (non-hydrogen) atoms. The summed E-state index contributed by atoms with van der Waals surface area (Å²) in [6.07, 6.45) is 3.72. The Morgan fingerprint density at radius 3 is 2.46 bits per heavy atom. The topological polar surface area (TPSA) is 22.4 Å². The molecule has 0 spiro atoms. The predicted octanol–water partition coefficient (Wildman–Crippen LogP) is 7.68. The smallest absolute Gasteiger partial charge is 0.137 e. The Hall–Kier alpha value is -3.23. The van der Waals surface area contributed by atoms with Crippen molar-refractivity contribution in [3.05, 3.63) is 89.6 Å². The average Bonchev–Trinajstić information content (AvgIpc) is 3.09. The summed E-state index contributed by atoms with van der Waals surface area (Å²) < 4.78 is 11.3. The molecule has 0 bridgehead atoms. The second-order valence-corrected chi connectivity index (χ2v) is 7.15. The van der Waals surface area contributed by atoms with Crippen LogP contribution in [0.1, 0.15) is 5.56 Å². The number of furan rings is 1. The zero-order chi connectivity index (χ0) is 19.1. The highest BCUT2D eigenvalue weighted by Crippen LogP contribution is 2.41. The first-order valence-electron chi connectivity index (χ1n) is 9.08. The summed E-state index contributed by atoms with van der Waals surface area (Å²) in [5.41, 5.74) is 4.88. The van der Waals surface area contributed by atoms with E-state index in [1.54, 1.807) is 13.4 Å². The fourth-order valence-corrected chi connectivity index (χ4v) is 4.09. The van der Waals surface area contributed by atoms with Gasteiger partial charge in [-0.3, -0.25) is 0 Å². The molecule has 0 radical (unpaired) electrons. The number of para-hydroxylation sites is 1. The summed E-state index contributed by atoms with van der Waals surface area (Å²) in [5, 5.41) is 5.14. The highest BCUT2D eigenvalue weighted by atomic mass is 35.5. The van der Waals surface area contributed by atoms with Crippen LogP contribution in [0.2, 0.25) is 5.02 Å². The maximum absolute atomic E-state index is 6.47. The minimum Gasteiger partial charge on any atom is -0.504 e. The Labute approximate surface area is 167 Å². The molecule has 5 aromatic rings. The van der Waals surface area contributed by atoms with Crippen LogP contribution in [0, 0.1) is 0 Å². The molecule has 3 heteroatoms. The van der Waals surface area contributed by atoms with Gasteiger partial charge in [0.2, 0.25) is 0 Å². The molecule has 0 aliphatic heterocycles. The number of fused-ring (bicyclic) bond motifs is 4. The molecule has 5 rings (SSSR count). The lowest BCUT2D eigenvalue weighted by molar-refractivity contribution is 0.341. The largest absolute Gasteiger partial charge is 0.504 e. The fourth-order valence-electron chi connectivity index (χ4n) is 3.88. The van der Waals surface area contributed by atoms with Crippen LogP contribution in [-0.2, 0) is 4.74 Å². The van der Waals surface area contributed by atoms with Gasteiger partial charge in [0.05, 0.1) is 13.4 Å². The first-order valence-corrected chi connectivity index (χ1v) is 9.46. The molecule has 0 saturated carbocycles. The van der Waals surface area contributed by atoms with Gasteiger partial charge in [-0.25, -0.2) is 0 Å². The second kappa shape index (κ2) is 6.74. The first-order chi connectivity index (χ1) is 13.8. The Kier molecular flexibility index (Phi) is 4.07. The van der Waals surface area contributed by atoms with E-state index in [9.17, 15) is 0 Å². The van der Waals surface area contributed by atoms with Crippen molar-refractivity contribution in [1.29, 1.82) is 0 Å². The molecule has 0 atom stereocenters. The lowest BCUT2D eigenvalue weighted by atomic mass is 9.91. The number of methoxy groups -OCH3 is 1. The summed E-state index contributed by atoms with van der Waals surface area (Å²) in [7, 11) is 1.66. The molecule has 0 fully saturated rings. The third-order valence-electron chi connectivity index (χ3n) is 5.07. The van der Waals surface area contributed by atoms with E-state index >= 15 is 0 Å². The minimum absolute atomic E-state index is 0.649. The van der Waals surface area contributed by atoms with E-state index in [0.717, 1.165) is 44.0 Å². The monoisotopic (exact) mass is 384 g/mol. The van der Waals surface area contributed by atoms with E-state index in [-0.39, 0.29) is 0 Å². The number of ether oxygens (including phenoxy) is 1. The van der Waals surface area contributed by atoms with E-state index in [0.29, 0.717) is 5.02 Å². The maximum atomic E-state index is 6.47. The van der Waals surface area contributed by atoms with E-state index in [1.165, 1.54) is 5.39 Å². The van der Waals surface area contributed by atoms with Crippen molar-refractivity contribution in [1.82, 2.24) is 0 Å². The molecular weight excluding hydrogens is 368 g/mol. The normalized spacial score (nSPS) is 11.8. The molecule has 2 nitrogen and oxygen atoms in total. The average molecular weight is 385 g/mol.